The molecular formula is C14H15BrFNO3. The van der Waals surface area contributed by atoms with Crippen LogP contribution in [0.2, 0.25) is 0 Å². The number of nitrogens with zero attached hydrogens (tertiary/aromatic N) is 1. The van der Waals surface area contributed by atoms with E-state index in [0.717, 1.165) is 12.8 Å². The molecule has 0 spiro atoms. The van der Waals surface area contributed by atoms with Gasteiger partial charge in [-0.25, -0.2) is 9.18 Å². The summed E-state index contributed by atoms with van der Waals surface area (Å²) in [5, 5.41) is 9.38. The SMILES string of the molecule is CC1(C(=O)O)CCCCN1C(=O)c1ccc(Br)cc1F. The molecule has 1 aliphatic heterocycles. The Labute approximate surface area is 124 Å². The number of carboxylic acid groups (broad SMARTS) is 1. The van der Waals surface area contributed by atoms with Gasteiger partial charge in [0.15, 0.2) is 0 Å². The fourth-order valence-electron chi connectivity index (χ4n) is 2.48. The van der Waals surface area contributed by atoms with Crippen LogP contribution in [0.5, 0.6) is 0 Å². The first kappa shape index (κ1) is 15.0. The molecule has 1 N–H and O–H groups in total. The van der Waals surface area contributed by atoms with E-state index in [4.69, 9.17) is 0 Å². The van der Waals surface area contributed by atoms with E-state index in [-0.39, 0.29) is 5.56 Å². The summed E-state index contributed by atoms with van der Waals surface area (Å²) in [6.45, 7) is 1.85. The number of halogens is 2. The van der Waals surface area contributed by atoms with E-state index >= 15 is 0 Å². The number of carboxylic acids is 1. The third-order valence-electron chi connectivity index (χ3n) is 3.76. The molecule has 1 aliphatic rings. The van der Waals surface area contributed by atoms with Gasteiger partial charge in [0, 0.05) is 11.0 Å². The van der Waals surface area contributed by atoms with Crippen molar-refractivity contribution in [1.29, 1.82) is 0 Å². The second-order valence-electron chi connectivity index (χ2n) is 5.12. The molecule has 4 nitrogen and oxygen atoms in total. The average Bonchev–Trinajstić information content (AvgIpc) is 2.38. The number of aliphatic carboxylic acids is 1. The van der Waals surface area contributed by atoms with Crippen LogP contribution >= 0.6 is 15.9 Å². The van der Waals surface area contributed by atoms with Crippen molar-refractivity contribution < 1.29 is 19.1 Å². The van der Waals surface area contributed by atoms with Crippen molar-refractivity contribution in [3.8, 4) is 0 Å². The number of hydrogen-bond acceptors (Lipinski definition) is 2. The van der Waals surface area contributed by atoms with Gasteiger partial charge in [-0.2, -0.15) is 0 Å². The number of benzene rings is 1. The number of likely N-dealkylation sites (tertiary alicyclic amines) is 1. The fraction of sp³-hybridized carbons (Fsp3) is 0.429. The van der Waals surface area contributed by atoms with Gasteiger partial charge in [0.2, 0.25) is 0 Å². The van der Waals surface area contributed by atoms with Crippen LogP contribution in [0.4, 0.5) is 4.39 Å². The smallest absolute Gasteiger partial charge is 0.329 e. The first-order chi connectivity index (χ1) is 9.36. The molecule has 1 heterocycles. The summed E-state index contributed by atoms with van der Waals surface area (Å²) in [4.78, 5) is 25.2. The van der Waals surface area contributed by atoms with Crippen molar-refractivity contribution in [2.45, 2.75) is 31.7 Å². The Balaban J connectivity index is 2.37. The molecule has 20 heavy (non-hydrogen) atoms. The second-order valence-corrected chi connectivity index (χ2v) is 6.03. The maximum atomic E-state index is 13.9. The van der Waals surface area contributed by atoms with E-state index in [1.807, 2.05) is 0 Å². The molecule has 1 fully saturated rings. The second kappa shape index (κ2) is 5.52. The lowest BCUT2D eigenvalue weighted by Crippen LogP contribution is -2.57. The molecule has 1 saturated heterocycles. The normalized spacial score (nSPS) is 22.6. The zero-order valence-electron chi connectivity index (χ0n) is 11.0. The largest absolute Gasteiger partial charge is 0.480 e. The zero-order valence-corrected chi connectivity index (χ0v) is 12.6. The first-order valence-corrected chi connectivity index (χ1v) is 7.16. The third-order valence-corrected chi connectivity index (χ3v) is 4.25. The molecule has 1 amide bonds. The first-order valence-electron chi connectivity index (χ1n) is 6.36. The van der Waals surface area contributed by atoms with Gasteiger partial charge in [-0.3, -0.25) is 4.79 Å². The Morgan fingerprint density at radius 1 is 1.40 bits per heavy atom. The van der Waals surface area contributed by atoms with Gasteiger partial charge in [0.25, 0.3) is 5.91 Å². The molecule has 1 atom stereocenters. The van der Waals surface area contributed by atoms with Crippen molar-refractivity contribution in [2.24, 2.45) is 0 Å². The lowest BCUT2D eigenvalue weighted by Gasteiger charge is -2.41. The van der Waals surface area contributed by atoms with Crippen molar-refractivity contribution in [3.05, 3.63) is 34.1 Å². The van der Waals surface area contributed by atoms with Crippen LogP contribution in [-0.4, -0.2) is 34.0 Å². The van der Waals surface area contributed by atoms with Crippen LogP contribution < -0.4 is 0 Å². The van der Waals surface area contributed by atoms with Crippen LogP contribution in [0.3, 0.4) is 0 Å². The minimum Gasteiger partial charge on any atom is -0.480 e. The maximum Gasteiger partial charge on any atom is 0.329 e. The highest BCUT2D eigenvalue weighted by Gasteiger charge is 2.44. The molecule has 1 aromatic carbocycles. The van der Waals surface area contributed by atoms with Gasteiger partial charge >= 0.3 is 5.97 Å². The molecule has 108 valence electrons. The highest BCUT2D eigenvalue weighted by molar-refractivity contribution is 9.10. The Kier molecular flexibility index (Phi) is 4.13. The molecule has 1 unspecified atom stereocenters. The van der Waals surface area contributed by atoms with Crippen LogP contribution in [0.1, 0.15) is 36.5 Å². The summed E-state index contributed by atoms with van der Waals surface area (Å²) in [5.74, 6) is -2.27. The molecule has 6 heteroatoms. The number of rotatable bonds is 2. The fourth-order valence-corrected chi connectivity index (χ4v) is 2.81. The van der Waals surface area contributed by atoms with Crippen LogP contribution in [0.25, 0.3) is 0 Å². The zero-order chi connectivity index (χ0) is 14.9. The van der Waals surface area contributed by atoms with Crippen molar-refractivity contribution in [3.63, 3.8) is 0 Å². The van der Waals surface area contributed by atoms with E-state index in [1.54, 1.807) is 6.07 Å². The molecule has 0 radical (unpaired) electrons. The summed E-state index contributed by atoms with van der Waals surface area (Å²) < 4.78 is 14.4. The van der Waals surface area contributed by atoms with Gasteiger partial charge in [0.1, 0.15) is 11.4 Å². The molecule has 0 saturated carbocycles. The summed E-state index contributed by atoms with van der Waals surface area (Å²) in [6.07, 6.45) is 1.86. The summed E-state index contributed by atoms with van der Waals surface area (Å²) in [6, 6.07) is 4.15. The van der Waals surface area contributed by atoms with Gasteiger partial charge < -0.3 is 10.0 Å². The lowest BCUT2D eigenvalue weighted by molar-refractivity contribution is -0.150. The summed E-state index contributed by atoms with van der Waals surface area (Å²) in [5.41, 5.74) is -1.36. The average molecular weight is 344 g/mol. The number of carbonyl (C=O) groups excluding carboxylic acids is 1. The van der Waals surface area contributed by atoms with E-state index in [1.165, 1.54) is 24.0 Å². The number of carbonyl (C=O) groups is 2. The van der Waals surface area contributed by atoms with Crippen LogP contribution in [-0.2, 0) is 4.79 Å². The van der Waals surface area contributed by atoms with Gasteiger partial charge in [-0.15, -0.1) is 0 Å². The molecule has 0 bridgehead atoms. The quantitative estimate of drug-likeness (QED) is 0.897. The van der Waals surface area contributed by atoms with E-state index < -0.39 is 23.2 Å². The Morgan fingerprint density at radius 2 is 2.10 bits per heavy atom. The topological polar surface area (TPSA) is 57.6 Å². The van der Waals surface area contributed by atoms with E-state index in [9.17, 15) is 19.1 Å². The molecule has 0 aromatic heterocycles. The predicted molar refractivity (Wildman–Crippen MR) is 75.0 cm³/mol. The number of piperidine rings is 1. The highest BCUT2D eigenvalue weighted by atomic mass is 79.9. The number of amides is 1. The standard InChI is InChI=1S/C14H15BrFNO3/c1-14(13(19)20)6-2-3-7-17(14)12(18)10-5-4-9(15)8-11(10)16/h4-5,8H,2-3,6-7H2,1H3,(H,19,20). The molecule has 2 rings (SSSR count). The summed E-state index contributed by atoms with van der Waals surface area (Å²) >= 11 is 3.13. The molecule has 0 aliphatic carbocycles. The monoisotopic (exact) mass is 343 g/mol. The minimum atomic E-state index is -1.27. The van der Waals surface area contributed by atoms with E-state index in [0.29, 0.717) is 17.4 Å². The summed E-state index contributed by atoms with van der Waals surface area (Å²) in [7, 11) is 0. The lowest BCUT2D eigenvalue weighted by atomic mass is 9.88. The van der Waals surface area contributed by atoms with Crippen molar-refractivity contribution in [1.82, 2.24) is 4.90 Å². The van der Waals surface area contributed by atoms with Gasteiger partial charge in [0.05, 0.1) is 5.56 Å². The Morgan fingerprint density at radius 3 is 2.70 bits per heavy atom. The Hall–Kier alpha value is -1.43. The van der Waals surface area contributed by atoms with E-state index in [2.05, 4.69) is 15.9 Å². The van der Waals surface area contributed by atoms with Gasteiger partial charge in [-0.05, 0) is 44.4 Å². The predicted octanol–water partition coefficient (Wildman–Crippen LogP) is 3.06. The third kappa shape index (κ3) is 2.57. The Bertz CT molecular complexity index is 563. The maximum absolute atomic E-state index is 13.9. The van der Waals surface area contributed by atoms with Gasteiger partial charge in [-0.1, -0.05) is 15.9 Å². The molecule has 1 aromatic rings. The molecular weight excluding hydrogens is 329 g/mol. The van der Waals surface area contributed by atoms with Crippen LogP contribution in [0, 0.1) is 5.82 Å². The van der Waals surface area contributed by atoms with Crippen molar-refractivity contribution >= 4 is 27.8 Å². The minimum absolute atomic E-state index is 0.0948. The van der Waals surface area contributed by atoms with Crippen LogP contribution in [0.15, 0.2) is 22.7 Å². The number of hydrogen-bond donors (Lipinski definition) is 1. The highest BCUT2D eigenvalue weighted by Crippen LogP contribution is 2.30. The van der Waals surface area contributed by atoms with Crippen molar-refractivity contribution in [2.75, 3.05) is 6.54 Å².